The Morgan fingerprint density at radius 2 is 1.67 bits per heavy atom. The van der Waals surface area contributed by atoms with Gasteiger partial charge in [-0.1, -0.05) is 20.8 Å². The van der Waals surface area contributed by atoms with E-state index in [1.54, 1.807) is 0 Å². The molecule has 1 heterocycles. The Labute approximate surface area is 127 Å². The minimum absolute atomic E-state index is 0.103. The average Bonchev–Trinajstić information content (AvgIpc) is 2.80. The first kappa shape index (κ1) is 17.4. The third-order valence-corrected chi connectivity index (χ3v) is 8.80. The van der Waals surface area contributed by atoms with Crippen molar-refractivity contribution in [1.29, 1.82) is 0 Å². The molecule has 0 radical (unpaired) electrons. The van der Waals surface area contributed by atoms with Gasteiger partial charge in [0.1, 0.15) is 8.07 Å². The first-order valence-corrected chi connectivity index (χ1v) is 10.2. The van der Waals surface area contributed by atoms with Gasteiger partial charge in [-0.3, -0.25) is 9.59 Å². The summed E-state index contributed by atoms with van der Waals surface area (Å²) in [6.07, 6.45) is 0.739. The summed E-state index contributed by atoms with van der Waals surface area (Å²) in [6, 6.07) is 3.36. The number of hydrogen-bond donors (Lipinski definition) is 0. The van der Waals surface area contributed by atoms with E-state index in [4.69, 9.17) is 4.84 Å². The lowest BCUT2D eigenvalue weighted by Gasteiger charge is -2.20. The quantitative estimate of drug-likeness (QED) is 0.429. The zero-order chi connectivity index (χ0) is 15.9. The second kappa shape index (κ2) is 7.98. The van der Waals surface area contributed by atoms with Crippen LogP contribution >= 0.6 is 0 Å². The second-order valence-electron chi connectivity index (χ2n) is 5.19. The van der Waals surface area contributed by atoms with Crippen molar-refractivity contribution in [2.24, 2.45) is 0 Å². The van der Waals surface area contributed by atoms with E-state index in [-0.39, 0.29) is 19.3 Å². The standard InChI is InChI=1S/C15H23NO4Si/c1-4-21(5-2,6-3)12-8-7-9-15(19)20-16-13(17)10-11-14(16)18/h4-7,9-11H2,1-3H3. The monoisotopic (exact) mass is 309 g/mol. The van der Waals surface area contributed by atoms with Gasteiger partial charge in [0, 0.05) is 19.3 Å². The van der Waals surface area contributed by atoms with Gasteiger partial charge in [-0.15, -0.1) is 16.5 Å². The number of rotatable bonds is 6. The summed E-state index contributed by atoms with van der Waals surface area (Å²) >= 11 is 0. The fourth-order valence-corrected chi connectivity index (χ4v) is 4.77. The highest BCUT2D eigenvalue weighted by Gasteiger charge is 2.32. The number of imide groups is 1. The summed E-state index contributed by atoms with van der Waals surface area (Å²) in [7, 11) is -1.48. The lowest BCUT2D eigenvalue weighted by Crippen LogP contribution is -2.32. The molecule has 116 valence electrons. The lowest BCUT2D eigenvalue weighted by atomic mass is 10.3. The van der Waals surface area contributed by atoms with Gasteiger partial charge in [0.05, 0.1) is 6.42 Å². The van der Waals surface area contributed by atoms with E-state index in [9.17, 15) is 14.4 Å². The molecule has 0 aromatic heterocycles. The van der Waals surface area contributed by atoms with Gasteiger partial charge < -0.3 is 4.84 Å². The molecule has 1 aliphatic rings. The van der Waals surface area contributed by atoms with Gasteiger partial charge in [0.15, 0.2) is 0 Å². The molecule has 1 aliphatic heterocycles. The molecule has 0 bridgehead atoms. The van der Waals surface area contributed by atoms with Crippen LogP contribution in [0, 0.1) is 11.5 Å². The van der Waals surface area contributed by atoms with Crippen LogP contribution in [0.4, 0.5) is 0 Å². The molecule has 1 fully saturated rings. The number of nitrogens with zero attached hydrogens (tertiary/aromatic N) is 1. The van der Waals surface area contributed by atoms with Crippen LogP contribution in [0.1, 0.15) is 46.5 Å². The summed E-state index contributed by atoms with van der Waals surface area (Å²) in [6.45, 7) is 6.52. The molecule has 5 nitrogen and oxygen atoms in total. The summed E-state index contributed by atoms with van der Waals surface area (Å²) in [5.74, 6) is 1.60. The molecule has 0 atom stereocenters. The van der Waals surface area contributed by atoms with E-state index in [1.165, 1.54) is 0 Å². The predicted octanol–water partition coefficient (Wildman–Crippen LogP) is 2.42. The fraction of sp³-hybridized carbons (Fsp3) is 0.667. The Balaban J connectivity index is 2.44. The fourth-order valence-electron chi connectivity index (χ4n) is 2.24. The predicted molar refractivity (Wildman–Crippen MR) is 81.4 cm³/mol. The van der Waals surface area contributed by atoms with Crippen LogP contribution in [0.25, 0.3) is 0 Å². The van der Waals surface area contributed by atoms with Crippen molar-refractivity contribution in [2.75, 3.05) is 0 Å². The van der Waals surface area contributed by atoms with Crippen molar-refractivity contribution in [2.45, 2.75) is 64.6 Å². The maximum absolute atomic E-state index is 11.6. The summed E-state index contributed by atoms with van der Waals surface area (Å²) in [5, 5.41) is 0.582. The molecular weight excluding hydrogens is 286 g/mol. The number of hydroxylamine groups is 2. The maximum Gasteiger partial charge on any atom is 0.334 e. The molecule has 0 N–H and O–H groups in total. The minimum Gasteiger partial charge on any atom is -0.330 e. The van der Waals surface area contributed by atoms with E-state index < -0.39 is 25.9 Å². The molecule has 0 spiro atoms. The van der Waals surface area contributed by atoms with Crippen LogP contribution in [0.2, 0.25) is 18.1 Å². The van der Waals surface area contributed by atoms with Gasteiger partial charge >= 0.3 is 5.97 Å². The van der Waals surface area contributed by atoms with Crippen molar-refractivity contribution in [3.63, 3.8) is 0 Å². The third-order valence-electron chi connectivity index (χ3n) is 4.04. The van der Waals surface area contributed by atoms with E-state index >= 15 is 0 Å². The summed E-state index contributed by atoms with van der Waals surface area (Å²) in [5.41, 5.74) is 3.38. The molecule has 0 unspecified atom stereocenters. The highest BCUT2D eigenvalue weighted by molar-refractivity contribution is 6.87. The van der Waals surface area contributed by atoms with Crippen LogP contribution in [-0.4, -0.2) is 30.9 Å². The van der Waals surface area contributed by atoms with Crippen molar-refractivity contribution >= 4 is 25.9 Å². The zero-order valence-electron chi connectivity index (χ0n) is 13.0. The van der Waals surface area contributed by atoms with Crippen molar-refractivity contribution in [3.8, 4) is 11.5 Å². The molecule has 0 aliphatic carbocycles. The molecule has 21 heavy (non-hydrogen) atoms. The van der Waals surface area contributed by atoms with Crippen LogP contribution < -0.4 is 0 Å². The SMILES string of the molecule is CC[Si](C#CCCC(=O)ON1C(=O)CCC1=O)(CC)CC. The number of amides is 2. The highest BCUT2D eigenvalue weighted by Crippen LogP contribution is 2.19. The van der Waals surface area contributed by atoms with Crippen molar-refractivity contribution in [1.82, 2.24) is 5.06 Å². The Hall–Kier alpha value is -1.61. The topological polar surface area (TPSA) is 63.7 Å². The molecule has 2 amide bonds. The Kier molecular flexibility index (Phi) is 6.63. The smallest absolute Gasteiger partial charge is 0.330 e. The van der Waals surface area contributed by atoms with Gasteiger partial charge in [-0.25, -0.2) is 4.79 Å². The third kappa shape index (κ3) is 4.71. The number of carbonyl (C=O) groups is 3. The Morgan fingerprint density at radius 3 is 2.14 bits per heavy atom. The maximum atomic E-state index is 11.6. The Morgan fingerprint density at radius 1 is 1.14 bits per heavy atom. The second-order valence-corrected chi connectivity index (χ2v) is 10.1. The van der Waals surface area contributed by atoms with E-state index in [2.05, 4.69) is 32.2 Å². The molecular formula is C15H23NO4Si. The first-order chi connectivity index (χ1) is 9.98. The van der Waals surface area contributed by atoms with Crippen LogP contribution in [0.5, 0.6) is 0 Å². The van der Waals surface area contributed by atoms with Gasteiger partial charge in [0.2, 0.25) is 0 Å². The summed E-state index contributed by atoms with van der Waals surface area (Å²) in [4.78, 5) is 39.0. The largest absolute Gasteiger partial charge is 0.334 e. The van der Waals surface area contributed by atoms with E-state index in [0.717, 1.165) is 18.1 Å². The van der Waals surface area contributed by atoms with Crippen LogP contribution in [0.3, 0.4) is 0 Å². The summed E-state index contributed by atoms with van der Waals surface area (Å²) < 4.78 is 0. The van der Waals surface area contributed by atoms with E-state index in [1.807, 2.05) is 0 Å². The molecule has 0 aromatic carbocycles. The Bertz CT molecular complexity index is 450. The highest BCUT2D eigenvalue weighted by atomic mass is 28.3. The normalized spacial score (nSPS) is 14.9. The molecule has 1 rings (SSSR count). The average molecular weight is 309 g/mol. The van der Waals surface area contributed by atoms with Crippen molar-refractivity contribution in [3.05, 3.63) is 0 Å². The van der Waals surface area contributed by atoms with Gasteiger partial charge in [-0.05, 0) is 18.1 Å². The van der Waals surface area contributed by atoms with E-state index in [0.29, 0.717) is 11.5 Å². The minimum atomic E-state index is -1.48. The first-order valence-electron chi connectivity index (χ1n) is 7.54. The molecule has 6 heteroatoms. The molecule has 0 aromatic rings. The molecule has 0 saturated carbocycles. The molecule has 1 saturated heterocycles. The van der Waals surface area contributed by atoms with Crippen LogP contribution in [0.15, 0.2) is 0 Å². The van der Waals surface area contributed by atoms with Crippen LogP contribution in [-0.2, 0) is 19.2 Å². The number of hydrogen-bond acceptors (Lipinski definition) is 4. The van der Waals surface area contributed by atoms with Gasteiger partial charge in [0.25, 0.3) is 11.8 Å². The van der Waals surface area contributed by atoms with Crippen molar-refractivity contribution < 1.29 is 19.2 Å². The van der Waals surface area contributed by atoms with Gasteiger partial charge in [-0.2, -0.15) is 0 Å². The number of carbonyl (C=O) groups excluding carboxylic acids is 3. The zero-order valence-corrected chi connectivity index (χ0v) is 14.0. The lowest BCUT2D eigenvalue weighted by molar-refractivity contribution is -0.197.